The van der Waals surface area contributed by atoms with Gasteiger partial charge in [0, 0.05) is 6.42 Å². The van der Waals surface area contributed by atoms with Gasteiger partial charge in [-0.15, -0.1) is 0 Å². The minimum absolute atomic E-state index is 0.127. The van der Waals surface area contributed by atoms with E-state index in [1.165, 1.54) is 0 Å². The molecule has 140 valence electrons. The van der Waals surface area contributed by atoms with E-state index in [2.05, 4.69) is 0 Å². The maximum atomic E-state index is 12.3. The van der Waals surface area contributed by atoms with E-state index in [-0.39, 0.29) is 24.9 Å². The Morgan fingerprint density at radius 2 is 1.96 bits per heavy atom. The topological polar surface area (TPSA) is 85.2 Å². The molecule has 1 aliphatic rings. The summed E-state index contributed by atoms with van der Waals surface area (Å²) in [5, 5.41) is 19.4. The largest absolute Gasteiger partial charge is 0.459 e. The van der Waals surface area contributed by atoms with E-state index in [1.54, 1.807) is 0 Å². The average molecular weight is 352 g/mol. The first-order chi connectivity index (χ1) is 12.1. The third-order valence-electron chi connectivity index (χ3n) is 4.55. The lowest BCUT2D eigenvalue weighted by atomic mass is 10.00. The lowest BCUT2D eigenvalue weighted by Crippen LogP contribution is -2.53. The van der Waals surface area contributed by atoms with Crippen LogP contribution in [-0.2, 0) is 25.6 Å². The van der Waals surface area contributed by atoms with Crippen LogP contribution in [0.1, 0.15) is 38.7 Å². The second-order valence-electron chi connectivity index (χ2n) is 6.30. The highest BCUT2D eigenvalue weighted by Crippen LogP contribution is 2.26. The summed E-state index contributed by atoms with van der Waals surface area (Å²) in [6.07, 6.45) is -1.60. The van der Waals surface area contributed by atoms with E-state index < -0.39 is 24.6 Å². The number of hydrogen-bond acceptors (Lipinski definition) is 6. The Bertz CT molecular complexity index is 516. The summed E-state index contributed by atoms with van der Waals surface area (Å²) in [6, 6.07) is 9.59. The van der Waals surface area contributed by atoms with Crippen LogP contribution < -0.4 is 0 Å². The molecule has 1 heterocycles. The number of aliphatic hydroxyl groups excluding tert-OH is 2. The molecule has 1 fully saturated rings. The number of esters is 1. The van der Waals surface area contributed by atoms with Crippen LogP contribution in [0, 0.1) is 5.92 Å². The third kappa shape index (κ3) is 5.51. The Kier molecular flexibility index (Phi) is 7.84. The molecule has 1 saturated heterocycles. The molecule has 0 aromatic heterocycles. The molecule has 1 aromatic rings. The van der Waals surface area contributed by atoms with E-state index in [9.17, 15) is 15.0 Å². The monoisotopic (exact) mass is 352 g/mol. The first-order valence-electron chi connectivity index (χ1n) is 8.89. The number of aliphatic hydroxyl groups is 2. The zero-order valence-corrected chi connectivity index (χ0v) is 14.8. The summed E-state index contributed by atoms with van der Waals surface area (Å²) in [5.74, 6) is -0.476. The molecule has 0 aliphatic carbocycles. The molecule has 25 heavy (non-hydrogen) atoms. The fraction of sp³-hybridized carbons (Fsp3) is 0.632. The Balaban J connectivity index is 2.07. The van der Waals surface area contributed by atoms with Crippen molar-refractivity contribution in [2.75, 3.05) is 6.61 Å². The van der Waals surface area contributed by atoms with Crippen LogP contribution in [-0.4, -0.2) is 47.4 Å². The number of benzene rings is 1. The summed E-state index contributed by atoms with van der Waals surface area (Å²) >= 11 is 0. The van der Waals surface area contributed by atoms with Gasteiger partial charge in [0.25, 0.3) is 0 Å². The highest BCUT2D eigenvalue weighted by atomic mass is 16.6. The SMILES string of the molecule is CCC(CC)C(=O)O[C@@H]1CC(O)O[C@H](CO)[C@H]1OCc1ccccc1. The molecule has 0 saturated carbocycles. The molecule has 4 atom stereocenters. The zero-order chi connectivity index (χ0) is 18.2. The first-order valence-corrected chi connectivity index (χ1v) is 8.89. The van der Waals surface area contributed by atoms with Gasteiger partial charge in [-0.1, -0.05) is 44.2 Å². The lowest BCUT2D eigenvalue weighted by molar-refractivity contribution is -0.258. The van der Waals surface area contributed by atoms with Crippen LogP contribution in [0.5, 0.6) is 0 Å². The standard InChI is InChI=1S/C19H28O6/c1-3-14(4-2)19(22)25-15-10-17(21)24-16(11-20)18(15)23-12-13-8-6-5-7-9-13/h5-9,14-18,20-21H,3-4,10-12H2,1-2H3/t15-,16-,17?,18+/m1/s1. The molecule has 6 nitrogen and oxygen atoms in total. The molecule has 0 amide bonds. The normalized spacial score (nSPS) is 26.6. The van der Waals surface area contributed by atoms with E-state index in [0.717, 1.165) is 5.56 Å². The third-order valence-corrected chi connectivity index (χ3v) is 4.55. The van der Waals surface area contributed by atoms with E-state index in [1.807, 2.05) is 44.2 Å². The van der Waals surface area contributed by atoms with Crippen LogP contribution in [0.3, 0.4) is 0 Å². The van der Waals surface area contributed by atoms with Gasteiger partial charge in [-0.25, -0.2) is 0 Å². The Hall–Kier alpha value is -1.47. The molecule has 6 heteroatoms. The summed E-state index contributed by atoms with van der Waals surface area (Å²) in [7, 11) is 0. The van der Waals surface area contributed by atoms with Crippen molar-refractivity contribution in [2.45, 2.75) is 64.3 Å². The second-order valence-corrected chi connectivity index (χ2v) is 6.30. The molecule has 0 spiro atoms. The van der Waals surface area contributed by atoms with Crippen molar-refractivity contribution in [3.8, 4) is 0 Å². The van der Waals surface area contributed by atoms with Crippen molar-refractivity contribution < 1.29 is 29.2 Å². The van der Waals surface area contributed by atoms with Crippen LogP contribution >= 0.6 is 0 Å². The van der Waals surface area contributed by atoms with Crippen LogP contribution in [0.4, 0.5) is 0 Å². The van der Waals surface area contributed by atoms with Gasteiger partial charge < -0.3 is 24.4 Å². The molecular formula is C19H28O6. The molecular weight excluding hydrogens is 324 g/mol. The van der Waals surface area contributed by atoms with Crippen molar-refractivity contribution in [2.24, 2.45) is 5.92 Å². The van der Waals surface area contributed by atoms with Crippen molar-refractivity contribution in [3.05, 3.63) is 35.9 Å². The summed E-state index contributed by atoms with van der Waals surface area (Å²) in [4.78, 5) is 12.3. The Morgan fingerprint density at radius 3 is 2.56 bits per heavy atom. The number of ether oxygens (including phenoxy) is 3. The predicted molar refractivity (Wildman–Crippen MR) is 91.6 cm³/mol. The summed E-state index contributed by atoms with van der Waals surface area (Å²) in [5.41, 5.74) is 0.968. The predicted octanol–water partition coefficient (Wildman–Crippen LogP) is 2.02. The maximum absolute atomic E-state index is 12.3. The Morgan fingerprint density at radius 1 is 1.28 bits per heavy atom. The average Bonchev–Trinajstić information content (AvgIpc) is 2.62. The minimum atomic E-state index is -1.09. The van der Waals surface area contributed by atoms with Crippen LogP contribution in [0.25, 0.3) is 0 Å². The van der Waals surface area contributed by atoms with Gasteiger partial charge in [0.05, 0.1) is 19.1 Å². The number of hydrogen-bond donors (Lipinski definition) is 2. The first kappa shape index (κ1) is 19.8. The summed E-state index contributed by atoms with van der Waals surface area (Å²) in [6.45, 7) is 3.86. The van der Waals surface area contributed by atoms with Gasteiger partial charge in [0.2, 0.25) is 0 Å². The number of rotatable bonds is 8. The van der Waals surface area contributed by atoms with E-state index in [4.69, 9.17) is 14.2 Å². The quantitative estimate of drug-likeness (QED) is 0.696. The maximum Gasteiger partial charge on any atom is 0.309 e. The molecule has 0 radical (unpaired) electrons. The van der Waals surface area contributed by atoms with E-state index in [0.29, 0.717) is 19.4 Å². The van der Waals surface area contributed by atoms with Crippen molar-refractivity contribution in [1.82, 2.24) is 0 Å². The van der Waals surface area contributed by atoms with Crippen LogP contribution in [0.2, 0.25) is 0 Å². The van der Waals surface area contributed by atoms with Gasteiger partial charge in [0.15, 0.2) is 6.29 Å². The minimum Gasteiger partial charge on any atom is -0.459 e. The van der Waals surface area contributed by atoms with Crippen molar-refractivity contribution in [3.63, 3.8) is 0 Å². The van der Waals surface area contributed by atoms with Crippen LogP contribution in [0.15, 0.2) is 30.3 Å². The molecule has 0 bridgehead atoms. The van der Waals surface area contributed by atoms with Crippen molar-refractivity contribution in [1.29, 1.82) is 0 Å². The highest BCUT2D eigenvalue weighted by molar-refractivity contribution is 5.72. The molecule has 1 unspecified atom stereocenters. The Labute approximate surface area is 148 Å². The van der Waals surface area contributed by atoms with E-state index >= 15 is 0 Å². The smallest absolute Gasteiger partial charge is 0.309 e. The molecule has 2 rings (SSSR count). The zero-order valence-electron chi connectivity index (χ0n) is 14.8. The highest BCUT2D eigenvalue weighted by Gasteiger charge is 2.41. The lowest BCUT2D eigenvalue weighted by Gasteiger charge is -2.39. The molecule has 1 aromatic carbocycles. The van der Waals surface area contributed by atoms with Crippen molar-refractivity contribution >= 4 is 5.97 Å². The molecule has 2 N–H and O–H groups in total. The van der Waals surface area contributed by atoms with Gasteiger partial charge in [-0.05, 0) is 18.4 Å². The van der Waals surface area contributed by atoms with Gasteiger partial charge in [0.1, 0.15) is 18.3 Å². The molecule has 1 aliphatic heterocycles. The fourth-order valence-corrected chi connectivity index (χ4v) is 3.02. The number of carbonyl (C=O) groups excluding carboxylic acids is 1. The summed E-state index contributed by atoms with van der Waals surface area (Å²) < 4.78 is 16.9. The van der Waals surface area contributed by atoms with Gasteiger partial charge in [-0.3, -0.25) is 4.79 Å². The van der Waals surface area contributed by atoms with Gasteiger partial charge in [-0.2, -0.15) is 0 Å². The van der Waals surface area contributed by atoms with Gasteiger partial charge >= 0.3 is 5.97 Å². The fourth-order valence-electron chi connectivity index (χ4n) is 3.02. The number of carbonyl (C=O) groups is 1. The second kappa shape index (κ2) is 9.87.